The highest BCUT2D eigenvalue weighted by Gasteiger charge is 2.11. The minimum atomic E-state index is -0.497. The lowest BCUT2D eigenvalue weighted by Crippen LogP contribution is -2.18. The van der Waals surface area contributed by atoms with Crippen molar-refractivity contribution >= 4 is 5.69 Å². The van der Waals surface area contributed by atoms with E-state index >= 15 is 0 Å². The van der Waals surface area contributed by atoms with Gasteiger partial charge in [-0.3, -0.25) is 10.1 Å². The molecular weight excluding hydrogens is 238 g/mol. The Morgan fingerprint density at radius 2 is 2.06 bits per heavy atom. The zero-order valence-electron chi connectivity index (χ0n) is 9.37. The standard InChI is InChI=1S/C10H11N5O3/c11-6-5-9-12-13-10(16)14(9)7-1-3-8(4-2-7)15(17)18/h1-4H,5-6,11H2,(H,13,16). The molecule has 8 heteroatoms. The number of hydrogen-bond donors (Lipinski definition) is 2. The van der Waals surface area contributed by atoms with Crippen LogP contribution >= 0.6 is 0 Å². The Balaban J connectivity index is 2.45. The maximum absolute atomic E-state index is 11.6. The van der Waals surface area contributed by atoms with Crippen molar-refractivity contribution in [3.05, 3.63) is 50.7 Å². The van der Waals surface area contributed by atoms with E-state index in [2.05, 4.69) is 10.2 Å². The summed E-state index contributed by atoms with van der Waals surface area (Å²) in [5.74, 6) is 0.497. The number of nitrogens with zero attached hydrogens (tertiary/aromatic N) is 3. The van der Waals surface area contributed by atoms with Crippen LogP contribution in [-0.2, 0) is 6.42 Å². The predicted molar refractivity (Wildman–Crippen MR) is 63.6 cm³/mol. The molecule has 0 spiro atoms. The van der Waals surface area contributed by atoms with Crippen molar-refractivity contribution < 1.29 is 4.92 Å². The van der Waals surface area contributed by atoms with Crippen LogP contribution in [-0.4, -0.2) is 26.2 Å². The summed E-state index contributed by atoms with van der Waals surface area (Å²) in [6.45, 7) is 0.358. The molecule has 1 heterocycles. The molecule has 0 aliphatic carbocycles. The van der Waals surface area contributed by atoms with Gasteiger partial charge in [-0.05, 0) is 18.7 Å². The highest BCUT2D eigenvalue weighted by Crippen LogP contribution is 2.14. The largest absolute Gasteiger partial charge is 0.347 e. The molecule has 8 nitrogen and oxygen atoms in total. The van der Waals surface area contributed by atoms with E-state index in [0.717, 1.165) is 0 Å². The second-order valence-corrected chi connectivity index (χ2v) is 3.59. The minimum Gasteiger partial charge on any atom is -0.330 e. The van der Waals surface area contributed by atoms with Gasteiger partial charge in [0.15, 0.2) is 0 Å². The monoisotopic (exact) mass is 249 g/mol. The van der Waals surface area contributed by atoms with Crippen molar-refractivity contribution in [3.8, 4) is 5.69 Å². The fourth-order valence-corrected chi connectivity index (χ4v) is 1.62. The average Bonchev–Trinajstić information content (AvgIpc) is 2.71. The van der Waals surface area contributed by atoms with Crippen LogP contribution in [0, 0.1) is 10.1 Å². The Hall–Kier alpha value is -2.48. The van der Waals surface area contributed by atoms with E-state index in [0.29, 0.717) is 24.5 Å². The number of aromatic amines is 1. The van der Waals surface area contributed by atoms with Crippen LogP contribution in [0.2, 0.25) is 0 Å². The van der Waals surface area contributed by atoms with Gasteiger partial charge >= 0.3 is 5.69 Å². The second-order valence-electron chi connectivity index (χ2n) is 3.59. The number of nitrogens with two attached hydrogens (primary N) is 1. The smallest absolute Gasteiger partial charge is 0.330 e. The van der Waals surface area contributed by atoms with Gasteiger partial charge in [0.2, 0.25) is 0 Å². The third kappa shape index (κ3) is 2.13. The molecule has 0 saturated carbocycles. The molecule has 1 aromatic carbocycles. The van der Waals surface area contributed by atoms with Gasteiger partial charge < -0.3 is 5.73 Å². The molecule has 1 aromatic heterocycles. The Bertz CT molecular complexity index is 613. The van der Waals surface area contributed by atoms with Gasteiger partial charge in [-0.1, -0.05) is 0 Å². The molecule has 2 aromatic rings. The van der Waals surface area contributed by atoms with Gasteiger partial charge in [0.1, 0.15) is 5.82 Å². The molecule has 2 rings (SSSR count). The Kier molecular flexibility index (Phi) is 3.20. The third-order valence-corrected chi connectivity index (χ3v) is 2.43. The number of H-pyrrole nitrogens is 1. The van der Waals surface area contributed by atoms with Crippen LogP contribution in [0.4, 0.5) is 5.69 Å². The first kappa shape index (κ1) is 12.0. The molecule has 0 aliphatic rings. The highest BCUT2D eigenvalue weighted by molar-refractivity contribution is 5.41. The Labute approximate surface area is 101 Å². The topological polar surface area (TPSA) is 120 Å². The van der Waals surface area contributed by atoms with Crippen molar-refractivity contribution in [2.75, 3.05) is 6.54 Å². The lowest BCUT2D eigenvalue weighted by atomic mass is 10.2. The fraction of sp³-hybridized carbons (Fsp3) is 0.200. The summed E-state index contributed by atoms with van der Waals surface area (Å²) in [6.07, 6.45) is 0.440. The van der Waals surface area contributed by atoms with E-state index in [1.54, 1.807) is 0 Å². The molecule has 0 saturated heterocycles. The quantitative estimate of drug-likeness (QED) is 0.582. The summed E-state index contributed by atoms with van der Waals surface area (Å²) in [6, 6.07) is 5.66. The molecular formula is C10H11N5O3. The number of non-ortho nitro benzene ring substituents is 1. The molecule has 0 fully saturated rings. The maximum atomic E-state index is 11.6. The number of benzene rings is 1. The number of nitro groups is 1. The van der Waals surface area contributed by atoms with E-state index in [9.17, 15) is 14.9 Å². The summed E-state index contributed by atoms with van der Waals surface area (Å²) < 4.78 is 1.34. The number of aromatic nitrogens is 3. The first-order valence-electron chi connectivity index (χ1n) is 5.24. The number of rotatable bonds is 4. The van der Waals surface area contributed by atoms with Gasteiger partial charge in [0.25, 0.3) is 5.69 Å². The van der Waals surface area contributed by atoms with E-state index in [1.165, 1.54) is 28.8 Å². The van der Waals surface area contributed by atoms with Crippen LogP contribution < -0.4 is 11.4 Å². The summed E-state index contributed by atoms with van der Waals surface area (Å²) >= 11 is 0. The van der Waals surface area contributed by atoms with Crippen LogP contribution in [0.1, 0.15) is 5.82 Å². The second kappa shape index (κ2) is 4.80. The molecule has 0 unspecified atom stereocenters. The Morgan fingerprint density at radius 3 is 2.61 bits per heavy atom. The third-order valence-electron chi connectivity index (χ3n) is 2.43. The van der Waals surface area contributed by atoms with Gasteiger partial charge in [-0.25, -0.2) is 14.5 Å². The van der Waals surface area contributed by atoms with Gasteiger partial charge in [0.05, 0.1) is 10.6 Å². The van der Waals surface area contributed by atoms with Crippen molar-refractivity contribution in [2.24, 2.45) is 5.73 Å². The van der Waals surface area contributed by atoms with Crippen LogP contribution in [0.5, 0.6) is 0 Å². The SMILES string of the molecule is NCCc1n[nH]c(=O)n1-c1ccc([N+](=O)[O-])cc1. The van der Waals surface area contributed by atoms with Crippen LogP contribution in [0.25, 0.3) is 5.69 Å². The van der Waals surface area contributed by atoms with Gasteiger partial charge in [-0.15, -0.1) is 0 Å². The average molecular weight is 249 g/mol. The fourth-order valence-electron chi connectivity index (χ4n) is 1.62. The summed E-state index contributed by atoms with van der Waals surface area (Å²) in [5.41, 5.74) is 5.51. The molecule has 0 radical (unpaired) electrons. The zero-order chi connectivity index (χ0) is 13.1. The zero-order valence-corrected chi connectivity index (χ0v) is 9.37. The van der Waals surface area contributed by atoms with E-state index in [4.69, 9.17) is 5.73 Å². The summed E-state index contributed by atoms with van der Waals surface area (Å²) in [4.78, 5) is 21.6. The molecule has 3 N–H and O–H groups in total. The summed E-state index contributed by atoms with van der Waals surface area (Å²) in [7, 11) is 0. The first-order valence-corrected chi connectivity index (χ1v) is 5.24. The van der Waals surface area contributed by atoms with E-state index in [-0.39, 0.29) is 5.69 Å². The predicted octanol–water partition coefficient (Wildman–Crippen LogP) is -0.0300. The molecule has 0 aliphatic heterocycles. The van der Waals surface area contributed by atoms with Crippen molar-refractivity contribution in [3.63, 3.8) is 0 Å². The van der Waals surface area contributed by atoms with E-state index < -0.39 is 10.6 Å². The highest BCUT2D eigenvalue weighted by atomic mass is 16.6. The molecule has 0 amide bonds. The molecule has 0 atom stereocenters. The van der Waals surface area contributed by atoms with Crippen LogP contribution in [0.15, 0.2) is 29.1 Å². The van der Waals surface area contributed by atoms with Crippen LogP contribution in [0.3, 0.4) is 0 Å². The van der Waals surface area contributed by atoms with Crippen molar-refractivity contribution in [2.45, 2.75) is 6.42 Å². The van der Waals surface area contributed by atoms with Crippen molar-refractivity contribution in [1.29, 1.82) is 0 Å². The van der Waals surface area contributed by atoms with Gasteiger partial charge in [-0.2, -0.15) is 5.10 Å². The lowest BCUT2D eigenvalue weighted by Gasteiger charge is -2.04. The normalized spacial score (nSPS) is 10.5. The maximum Gasteiger partial charge on any atom is 0.347 e. The van der Waals surface area contributed by atoms with Crippen molar-refractivity contribution in [1.82, 2.24) is 14.8 Å². The number of nitro benzene ring substituents is 1. The summed E-state index contributed by atoms with van der Waals surface area (Å²) in [5, 5.41) is 16.7. The molecule has 18 heavy (non-hydrogen) atoms. The molecule has 0 bridgehead atoms. The first-order chi connectivity index (χ1) is 8.63. The number of hydrogen-bond acceptors (Lipinski definition) is 5. The molecule has 94 valence electrons. The Morgan fingerprint density at radius 1 is 1.39 bits per heavy atom. The number of nitrogens with one attached hydrogen (secondary N) is 1. The van der Waals surface area contributed by atoms with E-state index in [1.807, 2.05) is 0 Å². The minimum absolute atomic E-state index is 0.0318. The lowest BCUT2D eigenvalue weighted by molar-refractivity contribution is -0.384. The van der Waals surface area contributed by atoms with Gasteiger partial charge in [0, 0.05) is 18.6 Å².